The summed E-state index contributed by atoms with van der Waals surface area (Å²) in [6.45, 7) is 3.93. The normalized spacial score (nSPS) is 20.6. The lowest BCUT2D eigenvalue weighted by molar-refractivity contribution is 0.413. The van der Waals surface area contributed by atoms with Crippen LogP contribution in [0.15, 0.2) is 45.8 Å². The van der Waals surface area contributed by atoms with E-state index in [0.29, 0.717) is 12.1 Å². The number of rotatable bonds is 4. The molecule has 2 aromatic carbocycles. The van der Waals surface area contributed by atoms with Gasteiger partial charge >= 0.3 is 0 Å². The van der Waals surface area contributed by atoms with Gasteiger partial charge in [-0.2, -0.15) is 4.98 Å². The molecule has 0 saturated heterocycles. The van der Waals surface area contributed by atoms with E-state index in [9.17, 15) is 21.6 Å². The van der Waals surface area contributed by atoms with E-state index in [1.165, 1.54) is 12.1 Å². The van der Waals surface area contributed by atoms with Crippen LogP contribution in [0.3, 0.4) is 0 Å². The summed E-state index contributed by atoms with van der Waals surface area (Å²) in [5.41, 5.74) is -0.0417. The summed E-state index contributed by atoms with van der Waals surface area (Å²) in [4.78, 5) is 4.13. The Morgan fingerprint density at radius 2 is 1.62 bits per heavy atom. The van der Waals surface area contributed by atoms with Crippen molar-refractivity contribution < 1.29 is 26.1 Å². The molecule has 0 radical (unpaired) electrons. The molecule has 29 heavy (non-hydrogen) atoms. The van der Waals surface area contributed by atoms with E-state index in [-0.39, 0.29) is 33.9 Å². The molecule has 1 aliphatic rings. The molecule has 2 atom stereocenters. The molecule has 1 saturated carbocycles. The van der Waals surface area contributed by atoms with Crippen molar-refractivity contribution in [1.29, 1.82) is 0 Å². The third kappa shape index (κ3) is 3.32. The Morgan fingerprint density at radius 3 is 2.17 bits per heavy atom. The monoisotopic (exact) mass is 423 g/mol. The molecule has 1 heterocycles. The van der Waals surface area contributed by atoms with Crippen molar-refractivity contribution >= 4 is 10.0 Å². The van der Waals surface area contributed by atoms with E-state index >= 15 is 0 Å². The second-order valence-electron chi connectivity index (χ2n) is 7.59. The Kier molecular flexibility index (Phi) is 4.32. The summed E-state index contributed by atoms with van der Waals surface area (Å²) in [6, 6.07) is 7.24. The molecule has 0 unspecified atom stereocenters. The molecule has 0 bridgehead atoms. The molecular weight excluding hydrogens is 407 g/mol. The average molecular weight is 423 g/mol. The van der Waals surface area contributed by atoms with Gasteiger partial charge in [-0.05, 0) is 23.1 Å². The minimum Gasteiger partial charge on any atom is -0.334 e. The number of nitrogens with zero attached hydrogens (tertiary/aromatic N) is 2. The molecule has 1 aliphatic carbocycles. The van der Waals surface area contributed by atoms with Gasteiger partial charge in [0.05, 0.1) is 4.90 Å². The van der Waals surface area contributed by atoms with Crippen LogP contribution >= 0.6 is 0 Å². The fraction of sp³-hybridized carbons (Fsp3) is 0.263. The molecule has 0 spiro atoms. The Labute approximate surface area is 164 Å². The predicted molar refractivity (Wildman–Crippen MR) is 96.7 cm³/mol. The van der Waals surface area contributed by atoms with Crippen LogP contribution in [0.2, 0.25) is 0 Å². The molecule has 1 fully saturated rings. The number of hydrogen-bond acceptors (Lipinski definition) is 5. The lowest BCUT2D eigenvalue weighted by Crippen LogP contribution is -2.11. The smallest absolute Gasteiger partial charge is 0.263 e. The van der Waals surface area contributed by atoms with Crippen LogP contribution in [0.1, 0.15) is 37.1 Å². The highest BCUT2D eigenvalue weighted by Crippen LogP contribution is 2.69. The van der Waals surface area contributed by atoms with Crippen molar-refractivity contribution in [2.24, 2.45) is 10.6 Å². The minimum absolute atomic E-state index is 0.000337. The minimum atomic E-state index is -3.80. The SMILES string of the molecule is CC1(C)[C@@H](c2ccc(S(N)(=O)=O)cc2)[C@@H]1c1noc(-c2c(F)cc(F)cc2F)n1. The van der Waals surface area contributed by atoms with Crippen molar-refractivity contribution in [2.75, 3.05) is 0 Å². The second kappa shape index (κ2) is 6.39. The summed E-state index contributed by atoms with van der Waals surface area (Å²) >= 11 is 0. The highest BCUT2D eigenvalue weighted by molar-refractivity contribution is 7.89. The summed E-state index contributed by atoms with van der Waals surface area (Å²) < 4.78 is 69.0. The van der Waals surface area contributed by atoms with Crippen LogP contribution in [-0.2, 0) is 10.0 Å². The van der Waals surface area contributed by atoms with E-state index in [0.717, 1.165) is 5.56 Å². The zero-order chi connectivity index (χ0) is 21.1. The lowest BCUT2D eigenvalue weighted by atomic mass is 10.0. The Morgan fingerprint density at radius 1 is 1.03 bits per heavy atom. The maximum absolute atomic E-state index is 14.0. The van der Waals surface area contributed by atoms with Gasteiger partial charge in [-0.15, -0.1) is 0 Å². The summed E-state index contributed by atoms with van der Waals surface area (Å²) in [6.07, 6.45) is 0. The van der Waals surface area contributed by atoms with Gasteiger partial charge in [-0.3, -0.25) is 0 Å². The molecule has 4 rings (SSSR count). The fourth-order valence-corrected chi connectivity index (χ4v) is 4.33. The van der Waals surface area contributed by atoms with E-state index < -0.39 is 33.0 Å². The van der Waals surface area contributed by atoms with Gasteiger partial charge in [0.2, 0.25) is 10.0 Å². The number of primary sulfonamides is 1. The highest BCUT2D eigenvalue weighted by atomic mass is 32.2. The molecule has 0 amide bonds. The molecule has 3 aromatic rings. The van der Waals surface area contributed by atoms with Crippen molar-refractivity contribution in [3.63, 3.8) is 0 Å². The maximum Gasteiger partial charge on any atom is 0.263 e. The van der Waals surface area contributed by atoms with Crippen molar-refractivity contribution in [3.05, 3.63) is 65.2 Å². The predicted octanol–water partition coefficient (Wildman–Crippen LogP) is 3.71. The first-order valence-corrected chi connectivity index (χ1v) is 10.2. The van der Waals surface area contributed by atoms with Crippen LogP contribution in [0, 0.1) is 22.9 Å². The number of hydrogen-bond donors (Lipinski definition) is 1. The third-order valence-electron chi connectivity index (χ3n) is 5.34. The standard InChI is InChI=1S/C19H16F3N3O3S/c1-19(2)15(9-3-5-11(6-4-9)29(23,26)27)16(19)17-24-18(28-25-17)14-12(21)7-10(20)8-13(14)22/h3-8,15-16H,1-2H3,(H2,23,26,27)/t15-,16+/m0/s1. The number of benzene rings is 2. The topological polar surface area (TPSA) is 99.1 Å². The fourth-order valence-electron chi connectivity index (χ4n) is 3.82. The number of sulfonamides is 1. The molecule has 1 aromatic heterocycles. The molecule has 10 heteroatoms. The summed E-state index contributed by atoms with van der Waals surface area (Å²) in [5, 5.41) is 8.98. The number of aromatic nitrogens is 2. The Bertz CT molecular complexity index is 1180. The van der Waals surface area contributed by atoms with Crippen molar-refractivity contribution in [1.82, 2.24) is 10.1 Å². The van der Waals surface area contributed by atoms with Crippen LogP contribution in [0.5, 0.6) is 0 Å². The third-order valence-corrected chi connectivity index (χ3v) is 6.26. The second-order valence-corrected chi connectivity index (χ2v) is 9.15. The largest absolute Gasteiger partial charge is 0.334 e. The zero-order valence-corrected chi connectivity index (χ0v) is 16.2. The van der Waals surface area contributed by atoms with Crippen LogP contribution in [0.4, 0.5) is 13.2 Å². The molecule has 152 valence electrons. The van der Waals surface area contributed by atoms with Gasteiger partial charge in [0, 0.05) is 24.0 Å². The van der Waals surface area contributed by atoms with Crippen LogP contribution in [0.25, 0.3) is 11.5 Å². The quantitative estimate of drug-likeness (QED) is 0.690. The first kappa shape index (κ1) is 19.6. The number of nitrogens with two attached hydrogens (primary N) is 1. The van der Waals surface area contributed by atoms with Gasteiger partial charge in [-0.25, -0.2) is 26.7 Å². The number of halogens is 3. The molecule has 0 aliphatic heterocycles. The molecule has 6 nitrogen and oxygen atoms in total. The van der Waals surface area contributed by atoms with Gasteiger partial charge in [0.1, 0.15) is 23.0 Å². The first-order valence-electron chi connectivity index (χ1n) is 8.61. The maximum atomic E-state index is 14.0. The van der Waals surface area contributed by atoms with Crippen molar-refractivity contribution in [3.8, 4) is 11.5 Å². The van der Waals surface area contributed by atoms with Crippen molar-refractivity contribution in [2.45, 2.75) is 30.6 Å². The molecular formula is C19H16F3N3O3S. The van der Waals surface area contributed by atoms with Gasteiger partial charge in [0.15, 0.2) is 5.82 Å². The average Bonchev–Trinajstić information content (AvgIpc) is 2.94. The highest BCUT2D eigenvalue weighted by Gasteiger charge is 2.61. The van der Waals surface area contributed by atoms with Gasteiger partial charge in [0.25, 0.3) is 5.89 Å². The Hall–Kier alpha value is -2.72. The summed E-state index contributed by atoms with van der Waals surface area (Å²) in [7, 11) is -3.80. The van der Waals surface area contributed by atoms with Gasteiger partial charge < -0.3 is 4.52 Å². The lowest BCUT2D eigenvalue weighted by Gasteiger charge is -2.04. The van der Waals surface area contributed by atoms with E-state index in [2.05, 4.69) is 10.1 Å². The first-order chi connectivity index (χ1) is 13.5. The summed E-state index contributed by atoms with van der Waals surface area (Å²) in [5.74, 6) is -3.72. The van der Waals surface area contributed by atoms with E-state index in [4.69, 9.17) is 9.66 Å². The van der Waals surface area contributed by atoms with E-state index in [1.807, 2.05) is 13.8 Å². The van der Waals surface area contributed by atoms with Crippen LogP contribution < -0.4 is 5.14 Å². The van der Waals surface area contributed by atoms with E-state index in [1.54, 1.807) is 12.1 Å². The van der Waals surface area contributed by atoms with Gasteiger partial charge in [-0.1, -0.05) is 31.1 Å². The molecule has 2 N–H and O–H groups in total. The zero-order valence-electron chi connectivity index (χ0n) is 15.4. The van der Waals surface area contributed by atoms with Crippen LogP contribution in [-0.4, -0.2) is 18.6 Å². The Balaban J connectivity index is 1.65.